The Kier molecular flexibility index (Phi) is 1.21. The van der Waals surface area contributed by atoms with Crippen molar-refractivity contribution < 1.29 is 3.02 Å². The number of hydrogen-bond donors (Lipinski definition) is 0. The third kappa shape index (κ3) is 0.781. The predicted molar refractivity (Wildman–Crippen MR) is 26.1 cm³/mol. The molecule has 1 nitrogen and oxygen atoms in total. The van der Waals surface area contributed by atoms with Gasteiger partial charge in [-0.2, -0.15) is 0 Å². The molecule has 0 spiro atoms. The summed E-state index contributed by atoms with van der Waals surface area (Å²) in [6.07, 6.45) is 3.70. The molecule has 1 aliphatic rings. The Hall–Kier alpha value is 0.0982. The predicted octanol–water partition coefficient (Wildman–Crippen LogP) is 0.345. The van der Waals surface area contributed by atoms with E-state index in [2.05, 4.69) is 0 Å². The van der Waals surface area contributed by atoms with Crippen LogP contribution in [0.25, 0.3) is 0 Å². The summed E-state index contributed by atoms with van der Waals surface area (Å²) < 4.78 is 14.0. The summed E-state index contributed by atoms with van der Waals surface area (Å²) >= 11 is -2.12. The van der Waals surface area contributed by atoms with E-state index in [4.69, 9.17) is 0 Å². The van der Waals surface area contributed by atoms with Crippen molar-refractivity contribution in [2.45, 2.75) is 0 Å². The first-order chi connectivity index (χ1) is 2.89. The van der Waals surface area contributed by atoms with Crippen molar-refractivity contribution in [3.63, 3.8) is 0 Å². The zero-order valence-corrected chi connectivity index (χ0v) is 6.07. The molecule has 0 aromatic heterocycles. The molecule has 1 aliphatic heterocycles. The first-order valence-electron chi connectivity index (χ1n) is 1.78. The zero-order chi connectivity index (χ0) is 4.41. The van der Waals surface area contributed by atoms with Crippen LogP contribution in [0, 0.1) is 0 Å². The molecule has 0 saturated carbocycles. The van der Waals surface area contributed by atoms with Gasteiger partial charge in [-0.05, 0) is 0 Å². The standard InChI is InChI=1S/C4H4.O.Sb.H/c1-3-4-2;;;/h1-4H;;;. The van der Waals surface area contributed by atoms with Crippen LogP contribution in [-0.2, 0) is 3.02 Å². The Morgan fingerprint density at radius 1 is 1.17 bits per heavy atom. The minimum atomic E-state index is -2.12. The Balaban J connectivity index is 2.86. The molecule has 6 heavy (non-hydrogen) atoms. The van der Waals surface area contributed by atoms with E-state index in [0.29, 0.717) is 0 Å². The Morgan fingerprint density at radius 3 is 1.83 bits per heavy atom. The van der Waals surface area contributed by atoms with Gasteiger partial charge in [0.05, 0.1) is 0 Å². The molecule has 2 heteroatoms. The van der Waals surface area contributed by atoms with Crippen LogP contribution >= 0.6 is 0 Å². The van der Waals surface area contributed by atoms with Crippen LogP contribution in [0.2, 0.25) is 0 Å². The summed E-state index contributed by atoms with van der Waals surface area (Å²) in [5.41, 5.74) is 0. The molecule has 0 aromatic rings. The van der Waals surface area contributed by atoms with Crippen molar-refractivity contribution in [3.05, 3.63) is 20.2 Å². The van der Waals surface area contributed by atoms with Crippen molar-refractivity contribution in [2.75, 3.05) is 0 Å². The van der Waals surface area contributed by atoms with E-state index >= 15 is 0 Å². The quantitative estimate of drug-likeness (QED) is 0.504. The summed E-state index contributed by atoms with van der Waals surface area (Å²) in [7, 11) is 0. The van der Waals surface area contributed by atoms with Crippen LogP contribution in [0.3, 0.4) is 0 Å². The van der Waals surface area contributed by atoms with E-state index in [1.807, 2.05) is 20.2 Å². The van der Waals surface area contributed by atoms with E-state index in [0.717, 1.165) is 0 Å². The van der Waals surface area contributed by atoms with Crippen LogP contribution in [0.15, 0.2) is 20.2 Å². The molecule has 0 N–H and O–H groups in total. The zero-order valence-electron chi connectivity index (χ0n) is 3.22. The molecule has 0 unspecified atom stereocenters. The number of hydrogen-bond acceptors (Lipinski definition) is 1. The Labute approximate surface area is 43.7 Å². The van der Waals surface area contributed by atoms with Gasteiger partial charge in [-0.3, -0.25) is 0 Å². The van der Waals surface area contributed by atoms with Gasteiger partial charge in [0.1, 0.15) is 0 Å². The molecule has 0 aliphatic carbocycles. The van der Waals surface area contributed by atoms with Crippen LogP contribution in [0.5, 0.6) is 0 Å². The summed E-state index contributed by atoms with van der Waals surface area (Å²) in [5.74, 6) is 0. The van der Waals surface area contributed by atoms with Gasteiger partial charge in [-0.15, -0.1) is 0 Å². The molecule has 0 aromatic carbocycles. The summed E-state index contributed by atoms with van der Waals surface area (Å²) in [6, 6.07) is 0. The molecule has 0 bridgehead atoms. The molecular weight excluding hydrogens is 186 g/mol. The first-order valence-corrected chi connectivity index (χ1v) is 6.24. The summed E-state index contributed by atoms with van der Waals surface area (Å²) in [5, 5.41) is 0. The fraction of sp³-hybridized carbons (Fsp3) is 0. The second-order valence-corrected chi connectivity index (χ2v) is 5.32. The molecule has 0 saturated heterocycles. The molecule has 0 atom stereocenters. The summed E-state index contributed by atoms with van der Waals surface area (Å²) in [4.78, 5) is 0. The maximum absolute atomic E-state index is 10.3. The van der Waals surface area contributed by atoms with Crippen molar-refractivity contribution >= 4 is 20.2 Å². The normalized spacial score (nSPS) is 20.0. The average molecular weight is 191 g/mol. The second kappa shape index (κ2) is 1.70. The number of allylic oxidation sites excluding steroid dienone is 2. The van der Waals surface area contributed by atoms with E-state index < -0.39 is 20.2 Å². The van der Waals surface area contributed by atoms with Crippen molar-refractivity contribution in [1.82, 2.24) is 0 Å². The molecule has 32 valence electrons. The third-order valence-corrected chi connectivity index (χ3v) is 3.61. The SMILES string of the molecule is [O]=[SbH]1[CH]=CC=[CH]1. The third-order valence-electron chi connectivity index (χ3n) is 0.632. The Morgan fingerprint density at radius 2 is 1.67 bits per heavy atom. The van der Waals surface area contributed by atoms with E-state index in [1.165, 1.54) is 0 Å². The van der Waals surface area contributed by atoms with Crippen LogP contribution < -0.4 is 0 Å². The van der Waals surface area contributed by atoms with Crippen molar-refractivity contribution in [3.8, 4) is 0 Å². The van der Waals surface area contributed by atoms with Crippen molar-refractivity contribution in [2.24, 2.45) is 0 Å². The Bertz CT molecular complexity index is 110. The average Bonchev–Trinajstić information content (AvgIpc) is 1.86. The maximum atomic E-state index is 10.3. The summed E-state index contributed by atoms with van der Waals surface area (Å²) in [6.45, 7) is 0. The van der Waals surface area contributed by atoms with Gasteiger partial charge in [0.2, 0.25) is 0 Å². The topological polar surface area (TPSA) is 17.1 Å². The van der Waals surface area contributed by atoms with E-state index in [1.54, 1.807) is 0 Å². The fourth-order valence-electron chi connectivity index (χ4n) is 0.356. The van der Waals surface area contributed by atoms with E-state index in [9.17, 15) is 3.02 Å². The van der Waals surface area contributed by atoms with Gasteiger partial charge < -0.3 is 0 Å². The van der Waals surface area contributed by atoms with Gasteiger partial charge in [-0.25, -0.2) is 0 Å². The van der Waals surface area contributed by atoms with Crippen LogP contribution in [0.4, 0.5) is 0 Å². The van der Waals surface area contributed by atoms with Crippen molar-refractivity contribution in [1.29, 1.82) is 0 Å². The van der Waals surface area contributed by atoms with E-state index in [-0.39, 0.29) is 0 Å². The number of rotatable bonds is 0. The molecule has 1 heterocycles. The first kappa shape index (κ1) is 4.26. The molecule has 0 fully saturated rings. The molecule has 0 amide bonds. The second-order valence-electron chi connectivity index (χ2n) is 1.12. The molecule has 1 rings (SSSR count). The van der Waals surface area contributed by atoms with Gasteiger partial charge in [0, 0.05) is 0 Å². The molecule has 0 radical (unpaired) electrons. The van der Waals surface area contributed by atoms with Crippen LogP contribution in [-0.4, -0.2) is 20.2 Å². The van der Waals surface area contributed by atoms with Gasteiger partial charge >= 0.3 is 43.4 Å². The monoisotopic (exact) mass is 190 g/mol. The van der Waals surface area contributed by atoms with Gasteiger partial charge in [-0.1, -0.05) is 0 Å². The van der Waals surface area contributed by atoms with Crippen LogP contribution in [0.1, 0.15) is 0 Å². The molecular formula is C4H5OSb. The fourth-order valence-corrected chi connectivity index (χ4v) is 2.39. The van der Waals surface area contributed by atoms with Gasteiger partial charge in [0.25, 0.3) is 0 Å². The minimum absolute atomic E-state index is 1.81. The van der Waals surface area contributed by atoms with Gasteiger partial charge in [0.15, 0.2) is 0 Å².